The summed E-state index contributed by atoms with van der Waals surface area (Å²) in [5.41, 5.74) is 2.21. The number of hydrogen-bond donors (Lipinski definition) is 1. The van der Waals surface area contributed by atoms with E-state index in [1.165, 1.54) is 0 Å². The van der Waals surface area contributed by atoms with Crippen LogP contribution >= 0.6 is 11.6 Å². The SMILES string of the molecule is Cc1nccc(-c2ccc(Cl)cc2)c1C(=O)O. The molecule has 0 fully saturated rings. The molecule has 4 heteroatoms. The van der Waals surface area contributed by atoms with E-state index in [0.717, 1.165) is 5.56 Å². The van der Waals surface area contributed by atoms with Gasteiger partial charge in [-0.3, -0.25) is 4.98 Å². The highest BCUT2D eigenvalue weighted by Crippen LogP contribution is 2.26. The van der Waals surface area contributed by atoms with Crippen molar-refractivity contribution in [1.29, 1.82) is 0 Å². The molecule has 0 saturated carbocycles. The Labute approximate surface area is 104 Å². The highest BCUT2D eigenvalue weighted by molar-refractivity contribution is 6.30. The standard InChI is InChI=1S/C13H10ClNO2/c1-8-12(13(16)17)11(6-7-15-8)9-2-4-10(14)5-3-9/h2-7H,1H3,(H,16,17). The first-order valence-electron chi connectivity index (χ1n) is 5.04. The summed E-state index contributed by atoms with van der Waals surface area (Å²) in [6.07, 6.45) is 1.60. The van der Waals surface area contributed by atoms with Crippen LogP contribution < -0.4 is 0 Å². The molecule has 17 heavy (non-hydrogen) atoms. The van der Waals surface area contributed by atoms with Gasteiger partial charge >= 0.3 is 5.97 Å². The number of hydrogen-bond acceptors (Lipinski definition) is 2. The largest absolute Gasteiger partial charge is 0.478 e. The summed E-state index contributed by atoms with van der Waals surface area (Å²) in [5, 5.41) is 9.82. The van der Waals surface area contributed by atoms with E-state index >= 15 is 0 Å². The summed E-state index contributed by atoms with van der Waals surface area (Å²) in [6, 6.07) is 8.75. The van der Waals surface area contributed by atoms with Crippen molar-refractivity contribution < 1.29 is 9.90 Å². The lowest BCUT2D eigenvalue weighted by Crippen LogP contribution is -2.04. The Balaban J connectivity index is 2.63. The lowest BCUT2D eigenvalue weighted by atomic mass is 9.99. The van der Waals surface area contributed by atoms with Gasteiger partial charge in [-0.1, -0.05) is 23.7 Å². The molecule has 0 radical (unpaired) electrons. The predicted octanol–water partition coefficient (Wildman–Crippen LogP) is 3.41. The second-order valence-electron chi connectivity index (χ2n) is 3.63. The van der Waals surface area contributed by atoms with Gasteiger partial charge in [-0.25, -0.2) is 4.79 Å². The summed E-state index contributed by atoms with van der Waals surface area (Å²) in [5.74, 6) is -0.972. The molecule has 86 valence electrons. The molecule has 2 aromatic rings. The van der Waals surface area contributed by atoms with E-state index in [0.29, 0.717) is 16.3 Å². The zero-order chi connectivity index (χ0) is 12.4. The van der Waals surface area contributed by atoms with Gasteiger partial charge in [-0.05, 0) is 36.2 Å². The summed E-state index contributed by atoms with van der Waals surface area (Å²) in [7, 11) is 0. The molecular weight excluding hydrogens is 238 g/mol. The molecule has 0 unspecified atom stereocenters. The monoisotopic (exact) mass is 247 g/mol. The molecule has 0 amide bonds. The lowest BCUT2D eigenvalue weighted by molar-refractivity contribution is 0.0696. The van der Waals surface area contributed by atoms with Crippen LogP contribution in [0, 0.1) is 6.92 Å². The molecule has 0 bridgehead atoms. The van der Waals surface area contributed by atoms with Crippen LogP contribution in [0.1, 0.15) is 16.1 Å². The molecule has 1 aromatic carbocycles. The minimum Gasteiger partial charge on any atom is -0.478 e. The smallest absolute Gasteiger partial charge is 0.338 e. The highest BCUT2D eigenvalue weighted by atomic mass is 35.5. The Kier molecular flexibility index (Phi) is 3.11. The number of carbonyl (C=O) groups is 1. The van der Waals surface area contributed by atoms with E-state index in [1.54, 1.807) is 43.5 Å². The van der Waals surface area contributed by atoms with Gasteiger partial charge in [0.15, 0.2) is 0 Å². The molecule has 0 saturated heterocycles. The van der Waals surface area contributed by atoms with Gasteiger partial charge in [0.1, 0.15) is 0 Å². The van der Waals surface area contributed by atoms with Crippen LogP contribution in [0.3, 0.4) is 0 Å². The number of aromatic nitrogens is 1. The Morgan fingerprint density at radius 3 is 2.47 bits per heavy atom. The van der Waals surface area contributed by atoms with Gasteiger partial charge in [0.2, 0.25) is 0 Å². The van der Waals surface area contributed by atoms with E-state index in [-0.39, 0.29) is 5.56 Å². The number of aryl methyl sites for hydroxylation is 1. The second kappa shape index (κ2) is 4.55. The van der Waals surface area contributed by atoms with E-state index < -0.39 is 5.97 Å². The third-order valence-corrected chi connectivity index (χ3v) is 2.76. The van der Waals surface area contributed by atoms with Crippen LogP contribution in [0.2, 0.25) is 5.02 Å². The zero-order valence-electron chi connectivity index (χ0n) is 9.14. The van der Waals surface area contributed by atoms with Crippen molar-refractivity contribution in [2.45, 2.75) is 6.92 Å². The third-order valence-electron chi connectivity index (χ3n) is 2.51. The van der Waals surface area contributed by atoms with Crippen LogP contribution in [-0.2, 0) is 0 Å². The predicted molar refractivity (Wildman–Crippen MR) is 66.4 cm³/mol. The van der Waals surface area contributed by atoms with E-state index in [2.05, 4.69) is 4.98 Å². The molecule has 1 N–H and O–H groups in total. The minimum atomic E-state index is -0.972. The number of aromatic carboxylic acids is 1. The number of halogens is 1. The lowest BCUT2D eigenvalue weighted by Gasteiger charge is -2.08. The van der Waals surface area contributed by atoms with Gasteiger partial charge in [0, 0.05) is 11.2 Å². The maximum Gasteiger partial charge on any atom is 0.338 e. The Bertz CT molecular complexity index is 564. The topological polar surface area (TPSA) is 50.2 Å². The zero-order valence-corrected chi connectivity index (χ0v) is 9.90. The van der Waals surface area contributed by atoms with E-state index in [1.807, 2.05) is 0 Å². The molecule has 0 aliphatic carbocycles. The third kappa shape index (κ3) is 2.29. The highest BCUT2D eigenvalue weighted by Gasteiger charge is 2.14. The van der Waals surface area contributed by atoms with Crippen LogP contribution in [-0.4, -0.2) is 16.1 Å². The summed E-state index contributed by atoms with van der Waals surface area (Å²) >= 11 is 5.80. The number of carboxylic acid groups (broad SMARTS) is 1. The van der Waals surface area contributed by atoms with Crippen molar-refractivity contribution >= 4 is 17.6 Å². The van der Waals surface area contributed by atoms with Gasteiger partial charge in [-0.2, -0.15) is 0 Å². The van der Waals surface area contributed by atoms with Crippen LogP contribution in [0.4, 0.5) is 0 Å². The van der Waals surface area contributed by atoms with Gasteiger partial charge in [0.05, 0.1) is 11.3 Å². The van der Waals surface area contributed by atoms with Crippen LogP contribution in [0.5, 0.6) is 0 Å². The Morgan fingerprint density at radius 1 is 1.24 bits per heavy atom. The molecular formula is C13H10ClNO2. The molecule has 1 aromatic heterocycles. The number of rotatable bonds is 2. The number of pyridine rings is 1. The molecule has 3 nitrogen and oxygen atoms in total. The average Bonchev–Trinajstić information content (AvgIpc) is 2.29. The van der Waals surface area contributed by atoms with Crippen molar-refractivity contribution in [1.82, 2.24) is 4.98 Å². The van der Waals surface area contributed by atoms with E-state index in [9.17, 15) is 9.90 Å². The normalized spacial score (nSPS) is 10.2. The molecule has 0 aliphatic heterocycles. The van der Waals surface area contributed by atoms with E-state index in [4.69, 9.17) is 11.6 Å². The van der Waals surface area contributed by atoms with Crippen molar-refractivity contribution in [2.24, 2.45) is 0 Å². The quantitative estimate of drug-likeness (QED) is 0.885. The first kappa shape index (κ1) is 11.6. The fourth-order valence-corrected chi connectivity index (χ4v) is 1.83. The van der Waals surface area contributed by atoms with Crippen molar-refractivity contribution in [3.8, 4) is 11.1 Å². The summed E-state index contributed by atoms with van der Waals surface area (Å²) in [4.78, 5) is 15.2. The molecule has 0 spiro atoms. The van der Waals surface area contributed by atoms with Crippen LogP contribution in [0.25, 0.3) is 11.1 Å². The first-order valence-corrected chi connectivity index (χ1v) is 5.42. The fourth-order valence-electron chi connectivity index (χ4n) is 1.71. The van der Waals surface area contributed by atoms with Gasteiger partial charge in [-0.15, -0.1) is 0 Å². The molecule has 2 rings (SSSR count). The minimum absolute atomic E-state index is 0.231. The van der Waals surface area contributed by atoms with Crippen molar-refractivity contribution in [2.75, 3.05) is 0 Å². The van der Waals surface area contributed by atoms with Gasteiger partial charge in [0.25, 0.3) is 0 Å². The number of benzene rings is 1. The fraction of sp³-hybridized carbons (Fsp3) is 0.0769. The molecule has 1 heterocycles. The Hall–Kier alpha value is -1.87. The number of carboxylic acids is 1. The molecule has 0 aliphatic rings. The number of nitrogens with zero attached hydrogens (tertiary/aromatic N) is 1. The second-order valence-corrected chi connectivity index (χ2v) is 4.07. The maximum absolute atomic E-state index is 11.2. The summed E-state index contributed by atoms with van der Waals surface area (Å²) < 4.78 is 0. The Morgan fingerprint density at radius 2 is 1.88 bits per heavy atom. The van der Waals surface area contributed by atoms with Crippen molar-refractivity contribution in [3.05, 3.63) is 52.8 Å². The summed E-state index contributed by atoms with van der Waals surface area (Å²) in [6.45, 7) is 1.68. The average molecular weight is 248 g/mol. The maximum atomic E-state index is 11.2. The van der Waals surface area contributed by atoms with Crippen molar-refractivity contribution in [3.63, 3.8) is 0 Å². The molecule has 0 atom stereocenters. The van der Waals surface area contributed by atoms with Gasteiger partial charge < -0.3 is 5.11 Å². The van der Waals surface area contributed by atoms with Crippen LogP contribution in [0.15, 0.2) is 36.5 Å². The first-order chi connectivity index (χ1) is 8.09.